The standard InChI is InChI=1S/C11H18O3/c1-11(2)8(10(12)13)9(11)14-6-7-4-3-5-7/h7-9H,3-6H2,1-2H3,(H,12,13). The van der Waals surface area contributed by atoms with Gasteiger partial charge in [0, 0.05) is 12.0 Å². The van der Waals surface area contributed by atoms with Gasteiger partial charge in [-0.15, -0.1) is 0 Å². The first-order valence-corrected chi connectivity index (χ1v) is 5.38. The van der Waals surface area contributed by atoms with Crippen LogP contribution in [0, 0.1) is 17.3 Å². The van der Waals surface area contributed by atoms with Gasteiger partial charge in [-0.25, -0.2) is 0 Å². The van der Waals surface area contributed by atoms with Crippen molar-refractivity contribution in [2.24, 2.45) is 17.3 Å². The van der Waals surface area contributed by atoms with Gasteiger partial charge in [0.25, 0.3) is 0 Å². The summed E-state index contributed by atoms with van der Waals surface area (Å²) < 4.78 is 5.67. The number of hydrogen-bond donors (Lipinski definition) is 1. The van der Waals surface area contributed by atoms with E-state index in [0.717, 1.165) is 6.61 Å². The van der Waals surface area contributed by atoms with Gasteiger partial charge in [0.15, 0.2) is 0 Å². The highest BCUT2D eigenvalue weighted by Crippen LogP contribution is 2.54. The molecule has 2 rings (SSSR count). The molecule has 0 aromatic rings. The molecule has 2 aliphatic rings. The second kappa shape index (κ2) is 3.23. The van der Waals surface area contributed by atoms with Gasteiger partial charge in [-0.05, 0) is 18.8 Å². The third-order valence-electron chi connectivity index (χ3n) is 3.73. The van der Waals surface area contributed by atoms with Crippen LogP contribution in [0.25, 0.3) is 0 Å². The molecule has 0 amide bonds. The fraction of sp³-hybridized carbons (Fsp3) is 0.909. The summed E-state index contributed by atoms with van der Waals surface area (Å²) in [5.74, 6) is -0.308. The minimum atomic E-state index is -0.714. The Morgan fingerprint density at radius 3 is 2.50 bits per heavy atom. The lowest BCUT2D eigenvalue weighted by Gasteiger charge is -2.25. The van der Waals surface area contributed by atoms with Crippen LogP contribution in [0.2, 0.25) is 0 Å². The molecule has 3 heteroatoms. The quantitative estimate of drug-likeness (QED) is 0.750. The molecule has 0 bridgehead atoms. The van der Waals surface area contributed by atoms with Gasteiger partial charge in [0.05, 0.1) is 12.0 Å². The van der Waals surface area contributed by atoms with E-state index in [1.807, 2.05) is 13.8 Å². The Balaban J connectivity index is 1.78. The first kappa shape index (κ1) is 9.97. The number of ether oxygens (including phenoxy) is 1. The summed E-state index contributed by atoms with van der Waals surface area (Å²) in [6.07, 6.45) is 3.76. The van der Waals surface area contributed by atoms with Crippen LogP contribution in [0.4, 0.5) is 0 Å². The van der Waals surface area contributed by atoms with E-state index in [0.29, 0.717) is 5.92 Å². The summed E-state index contributed by atoms with van der Waals surface area (Å²) in [5.41, 5.74) is -0.157. The minimum absolute atomic E-state index is 0.0550. The Kier molecular flexibility index (Phi) is 2.30. The first-order chi connectivity index (χ1) is 6.53. The zero-order valence-corrected chi connectivity index (χ0v) is 8.82. The molecule has 2 fully saturated rings. The molecular formula is C11H18O3. The van der Waals surface area contributed by atoms with E-state index in [-0.39, 0.29) is 17.4 Å². The van der Waals surface area contributed by atoms with Crippen molar-refractivity contribution >= 4 is 5.97 Å². The smallest absolute Gasteiger partial charge is 0.309 e. The summed E-state index contributed by atoms with van der Waals surface area (Å²) in [7, 11) is 0. The summed E-state index contributed by atoms with van der Waals surface area (Å²) in [5, 5.41) is 8.92. The van der Waals surface area contributed by atoms with Crippen LogP contribution in [-0.4, -0.2) is 23.8 Å². The monoisotopic (exact) mass is 198 g/mol. The van der Waals surface area contributed by atoms with E-state index in [1.54, 1.807) is 0 Å². The summed E-state index contributed by atoms with van der Waals surface area (Å²) in [6, 6.07) is 0. The van der Waals surface area contributed by atoms with Crippen molar-refractivity contribution in [2.45, 2.75) is 39.2 Å². The van der Waals surface area contributed by atoms with Gasteiger partial charge in [-0.2, -0.15) is 0 Å². The predicted molar refractivity (Wildman–Crippen MR) is 52.0 cm³/mol. The van der Waals surface area contributed by atoms with Crippen LogP contribution in [0.3, 0.4) is 0 Å². The number of aliphatic carboxylic acids is 1. The molecule has 14 heavy (non-hydrogen) atoms. The molecule has 0 heterocycles. The van der Waals surface area contributed by atoms with Crippen LogP contribution in [0.15, 0.2) is 0 Å². The van der Waals surface area contributed by atoms with Gasteiger partial charge in [-0.1, -0.05) is 20.3 Å². The molecule has 2 unspecified atom stereocenters. The van der Waals surface area contributed by atoms with E-state index >= 15 is 0 Å². The van der Waals surface area contributed by atoms with E-state index in [9.17, 15) is 4.79 Å². The highest BCUT2D eigenvalue weighted by molar-refractivity contribution is 5.76. The van der Waals surface area contributed by atoms with Crippen molar-refractivity contribution < 1.29 is 14.6 Å². The number of rotatable bonds is 4. The molecule has 0 aromatic carbocycles. The largest absolute Gasteiger partial charge is 0.481 e. The predicted octanol–water partition coefficient (Wildman–Crippen LogP) is 1.91. The fourth-order valence-corrected chi connectivity index (χ4v) is 2.25. The molecule has 2 aliphatic carbocycles. The topological polar surface area (TPSA) is 46.5 Å². The van der Waals surface area contributed by atoms with Gasteiger partial charge in [-0.3, -0.25) is 4.79 Å². The van der Waals surface area contributed by atoms with Gasteiger partial charge in [0.2, 0.25) is 0 Å². The molecular weight excluding hydrogens is 180 g/mol. The molecule has 1 N–H and O–H groups in total. The Hall–Kier alpha value is -0.570. The lowest BCUT2D eigenvalue weighted by molar-refractivity contribution is -0.140. The maximum atomic E-state index is 10.8. The van der Waals surface area contributed by atoms with E-state index in [2.05, 4.69) is 0 Å². The summed E-state index contributed by atoms with van der Waals surface area (Å²) in [6.45, 7) is 4.70. The van der Waals surface area contributed by atoms with Crippen LogP contribution in [-0.2, 0) is 9.53 Å². The third kappa shape index (κ3) is 1.54. The molecule has 0 radical (unpaired) electrons. The SMILES string of the molecule is CC1(C)C(OCC2CCC2)C1C(=O)O. The maximum Gasteiger partial charge on any atom is 0.309 e. The zero-order chi connectivity index (χ0) is 10.3. The Bertz CT molecular complexity index is 243. The van der Waals surface area contributed by atoms with E-state index in [1.165, 1.54) is 19.3 Å². The molecule has 3 nitrogen and oxygen atoms in total. The molecule has 0 aromatic heterocycles. The molecule has 0 spiro atoms. The van der Waals surface area contributed by atoms with Crippen molar-refractivity contribution in [1.29, 1.82) is 0 Å². The number of hydrogen-bond acceptors (Lipinski definition) is 2. The van der Waals surface area contributed by atoms with Crippen LogP contribution in [0.5, 0.6) is 0 Å². The van der Waals surface area contributed by atoms with Crippen molar-refractivity contribution in [3.63, 3.8) is 0 Å². The number of carboxylic acid groups (broad SMARTS) is 1. The first-order valence-electron chi connectivity index (χ1n) is 5.38. The molecule has 2 saturated carbocycles. The molecule has 0 saturated heterocycles. The van der Waals surface area contributed by atoms with Gasteiger partial charge < -0.3 is 9.84 Å². The Morgan fingerprint density at radius 2 is 2.14 bits per heavy atom. The second-order valence-electron chi connectivity index (χ2n) is 5.19. The average molecular weight is 198 g/mol. The number of carboxylic acids is 1. The fourth-order valence-electron chi connectivity index (χ4n) is 2.25. The van der Waals surface area contributed by atoms with Crippen molar-refractivity contribution in [3.05, 3.63) is 0 Å². The van der Waals surface area contributed by atoms with Crippen LogP contribution < -0.4 is 0 Å². The summed E-state index contributed by atoms with van der Waals surface area (Å²) in [4.78, 5) is 10.8. The molecule has 80 valence electrons. The van der Waals surface area contributed by atoms with E-state index < -0.39 is 5.97 Å². The lowest BCUT2D eigenvalue weighted by atomic mass is 9.86. The summed E-state index contributed by atoms with van der Waals surface area (Å²) >= 11 is 0. The van der Waals surface area contributed by atoms with Crippen LogP contribution in [0.1, 0.15) is 33.1 Å². The maximum absolute atomic E-state index is 10.8. The van der Waals surface area contributed by atoms with Crippen LogP contribution >= 0.6 is 0 Å². The van der Waals surface area contributed by atoms with Gasteiger partial charge >= 0.3 is 5.97 Å². The molecule has 2 atom stereocenters. The molecule has 0 aliphatic heterocycles. The Labute approximate surface area is 84.4 Å². The van der Waals surface area contributed by atoms with Gasteiger partial charge in [0.1, 0.15) is 0 Å². The van der Waals surface area contributed by atoms with Crippen molar-refractivity contribution in [2.75, 3.05) is 6.61 Å². The minimum Gasteiger partial charge on any atom is -0.481 e. The van der Waals surface area contributed by atoms with Crippen molar-refractivity contribution in [1.82, 2.24) is 0 Å². The second-order valence-corrected chi connectivity index (χ2v) is 5.19. The number of carbonyl (C=O) groups is 1. The highest BCUT2D eigenvalue weighted by Gasteiger charge is 2.63. The Morgan fingerprint density at radius 1 is 1.50 bits per heavy atom. The zero-order valence-electron chi connectivity index (χ0n) is 8.82. The normalized spacial score (nSPS) is 35.0. The highest BCUT2D eigenvalue weighted by atomic mass is 16.5. The lowest BCUT2D eigenvalue weighted by Crippen LogP contribution is -2.19. The third-order valence-corrected chi connectivity index (χ3v) is 3.73. The van der Waals surface area contributed by atoms with Crippen molar-refractivity contribution in [3.8, 4) is 0 Å². The van der Waals surface area contributed by atoms with E-state index in [4.69, 9.17) is 9.84 Å². The average Bonchev–Trinajstić information content (AvgIpc) is 2.50.